The van der Waals surface area contributed by atoms with Crippen molar-refractivity contribution >= 4 is 23.7 Å². The van der Waals surface area contributed by atoms with Gasteiger partial charge in [0.15, 0.2) is 0 Å². The zero-order valence-electron chi connectivity index (χ0n) is 10.6. The number of hydrogen-bond acceptors (Lipinski definition) is 4. The van der Waals surface area contributed by atoms with E-state index in [-0.39, 0.29) is 23.2 Å². The normalized spacial score (nSPS) is 11.6. The average molecular weight is 323 g/mol. The molecule has 0 aliphatic heterocycles. The summed E-state index contributed by atoms with van der Waals surface area (Å²) in [7, 11) is 0. The minimum absolute atomic E-state index is 0.00858. The van der Waals surface area contributed by atoms with Crippen LogP contribution in [0.5, 0.6) is 0 Å². The molecule has 0 fully saturated rings. The highest BCUT2D eigenvalue weighted by molar-refractivity contribution is 8.00. The maximum atomic E-state index is 12.2. The third-order valence-electron chi connectivity index (χ3n) is 2.28. The molecule has 116 valence electrons. The lowest BCUT2D eigenvalue weighted by molar-refractivity contribution is -0.142. The van der Waals surface area contributed by atoms with Crippen LogP contribution in [-0.4, -0.2) is 45.6 Å². The van der Waals surface area contributed by atoms with Crippen molar-refractivity contribution in [1.29, 1.82) is 0 Å². The Bertz CT molecular complexity index is 488. The van der Waals surface area contributed by atoms with Crippen LogP contribution in [0.15, 0.2) is 29.2 Å². The number of halogens is 3. The molecule has 0 amide bonds. The molecule has 1 aromatic carbocycles. The van der Waals surface area contributed by atoms with Gasteiger partial charge in [-0.1, -0.05) is 12.1 Å². The number of rotatable bonds is 7. The summed E-state index contributed by atoms with van der Waals surface area (Å²) in [6.45, 7) is -0.910. The predicted molar refractivity (Wildman–Crippen MR) is 68.9 cm³/mol. The van der Waals surface area contributed by atoms with E-state index < -0.39 is 30.5 Å². The minimum atomic E-state index is -4.37. The molecule has 0 aliphatic rings. The van der Waals surface area contributed by atoms with Gasteiger partial charge in [-0.2, -0.15) is 13.2 Å². The SMILES string of the molecule is O=C(O)CN(CC(=O)O)Cc1ccc(SC(F)(F)F)cc1. The summed E-state index contributed by atoms with van der Waals surface area (Å²) in [4.78, 5) is 22.4. The number of benzene rings is 1. The van der Waals surface area contributed by atoms with Gasteiger partial charge in [-0.05, 0) is 29.5 Å². The van der Waals surface area contributed by atoms with Gasteiger partial charge in [0.25, 0.3) is 0 Å². The van der Waals surface area contributed by atoms with E-state index in [1.807, 2.05) is 0 Å². The van der Waals surface area contributed by atoms with Crippen LogP contribution in [0.1, 0.15) is 5.56 Å². The smallest absolute Gasteiger partial charge is 0.446 e. The number of aliphatic carboxylic acids is 2. The van der Waals surface area contributed by atoms with Crippen molar-refractivity contribution in [3.8, 4) is 0 Å². The second kappa shape index (κ2) is 7.32. The van der Waals surface area contributed by atoms with Gasteiger partial charge in [-0.3, -0.25) is 14.5 Å². The highest BCUT2D eigenvalue weighted by Crippen LogP contribution is 2.36. The zero-order chi connectivity index (χ0) is 16.0. The molecular weight excluding hydrogens is 311 g/mol. The fraction of sp³-hybridized carbons (Fsp3) is 0.333. The van der Waals surface area contributed by atoms with Crippen LogP contribution in [0.25, 0.3) is 0 Å². The number of carboxylic acids is 2. The molecule has 0 heterocycles. The zero-order valence-corrected chi connectivity index (χ0v) is 11.4. The molecule has 0 unspecified atom stereocenters. The van der Waals surface area contributed by atoms with Gasteiger partial charge in [0.1, 0.15) is 0 Å². The van der Waals surface area contributed by atoms with Crippen LogP contribution in [0.4, 0.5) is 13.2 Å². The Morgan fingerprint density at radius 1 is 1.05 bits per heavy atom. The number of carbonyl (C=O) groups is 2. The standard InChI is InChI=1S/C12H12F3NO4S/c13-12(14,15)21-9-3-1-8(2-4-9)5-16(6-10(17)18)7-11(19)20/h1-4H,5-7H2,(H,17,18)(H,19,20). The summed E-state index contributed by atoms with van der Waals surface area (Å²) in [5.74, 6) is -2.36. The van der Waals surface area contributed by atoms with Gasteiger partial charge in [0.05, 0.1) is 13.1 Å². The Morgan fingerprint density at radius 2 is 1.52 bits per heavy atom. The number of thioether (sulfide) groups is 1. The quantitative estimate of drug-likeness (QED) is 0.750. The summed E-state index contributed by atoms with van der Waals surface area (Å²) in [5.41, 5.74) is -3.84. The molecule has 0 saturated heterocycles. The molecule has 1 rings (SSSR count). The Kier molecular flexibility index (Phi) is 6.03. The summed E-state index contributed by atoms with van der Waals surface area (Å²) in [6.07, 6.45) is 0. The first-order chi connectivity index (χ1) is 9.65. The van der Waals surface area contributed by atoms with Gasteiger partial charge in [0.2, 0.25) is 0 Å². The topological polar surface area (TPSA) is 77.8 Å². The number of carboxylic acid groups (broad SMARTS) is 2. The first kappa shape index (κ1) is 17.3. The number of hydrogen-bond donors (Lipinski definition) is 2. The van der Waals surface area contributed by atoms with Gasteiger partial charge < -0.3 is 10.2 Å². The highest BCUT2D eigenvalue weighted by atomic mass is 32.2. The fourth-order valence-electron chi connectivity index (χ4n) is 1.61. The van der Waals surface area contributed by atoms with Crippen molar-refractivity contribution in [3.05, 3.63) is 29.8 Å². The fourth-order valence-corrected chi connectivity index (χ4v) is 2.14. The highest BCUT2D eigenvalue weighted by Gasteiger charge is 2.29. The van der Waals surface area contributed by atoms with Crippen LogP contribution >= 0.6 is 11.8 Å². The van der Waals surface area contributed by atoms with Crippen molar-refractivity contribution < 1.29 is 33.0 Å². The summed E-state index contributed by atoms with van der Waals surface area (Å²) in [5, 5.41) is 17.4. The average Bonchev–Trinajstić information content (AvgIpc) is 2.28. The minimum Gasteiger partial charge on any atom is -0.480 e. The molecule has 5 nitrogen and oxygen atoms in total. The first-order valence-corrected chi connectivity index (χ1v) is 6.48. The number of nitrogens with zero attached hydrogens (tertiary/aromatic N) is 1. The van der Waals surface area contributed by atoms with E-state index in [2.05, 4.69) is 0 Å². The second-order valence-corrected chi connectivity index (χ2v) is 5.26. The van der Waals surface area contributed by atoms with Crippen molar-refractivity contribution in [3.63, 3.8) is 0 Å². The van der Waals surface area contributed by atoms with Crippen molar-refractivity contribution in [2.24, 2.45) is 0 Å². The number of alkyl halides is 3. The molecule has 0 aliphatic carbocycles. The molecule has 0 radical (unpaired) electrons. The van der Waals surface area contributed by atoms with E-state index in [4.69, 9.17) is 10.2 Å². The molecular formula is C12H12F3NO4S. The van der Waals surface area contributed by atoms with Gasteiger partial charge in [-0.15, -0.1) is 0 Å². The monoisotopic (exact) mass is 323 g/mol. The summed E-state index contributed by atoms with van der Waals surface area (Å²) >= 11 is -0.252. The Hall–Kier alpha value is -1.74. The molecule has 2 N–H and O–H groups in total. The lowest BCUT2D eigenvalue weighted by Crippen LogP contribution is -2.33. The molecule has 9 heteroatoms. The Labute approximate surface area is 122 Å². The van der Waals surface area contributed by atoms with E-state index >= 15 is 0 Å². The maximum absolute atomic E-state index is 12.2. The van der Waals surface area contributed by atoms with Gasteiger partial charge in [0, 0.05) is 11.4 Å². The molecule has 0 spiro atoms. The lowest BCUT2D eigenvalue weighted by Gasteiger charge is -2.18. The lowest BCUT2D eigenvalue weighted by atomic mass is 10.2. The summed E-state index contributed by atoms with van der Waals surface area (Å²) < 4.78 is 36.5. The van der Waals surface area contributed by atoms with Gasteiger partial charge >= 0.3 is 17.4 Å². The molecule has 1 aromatic rings. The first-order valence-electron chi connectivity index (χ1n) is 5.66. The maximum Gasteiger partial charge on any atom is 0.446 e. The summed E-state index contributed by atoms with van der Waals surface area (Å²) in [6, 6.07) is 5.33. The Morgan fingerprint density at radius 3 is 1.90 bits per heavy atom. The Balaban J connectivity index is 2.71. The van der Waals surface area contributed by atoms with Crippen LogP contribution < -0.4 is 0 Å². The van der Waals surface area contributed by atoms with E-state index in [1.54, 1.807) is 0 Å². The van der Waals surface area contributed by atoms with Crippen LogP contribution in [0.3, 0.4) is 0 Å². The molecule has 0 atom stereocenters. The molecule has 21 heavy (non-hydrogen) atoms. The largest absolute Gasteiger partial charge is 0.480 e. The van der Waals surface area contributed by atoms with Gasteiger partial charge in [-0.25, -0.2) is 0 Å². The van der Waals surface area contributed by atoms with Crippen LogP contribution in [0, 0.1) is 0 Å². The third kappa shape index (κ3) is 7.57. The van der Waals surface area contributed by atoms with Crippen molar-refractivity contribution in [2.45, 2.75) is 16.9 Å². The third-order valence-corrected chi connectivity index (χ3v) is 3.02. The molecule has 0 saturated carbocycles. The van der Waals surface area contributed by atoms with E-state index in [0.29, 0.717) is 5.56 Å². The van der Waals surface area contributed by atoms with Crippen molar-refractivity contribution in [2.75, 3.05) is 13.1 Å². The van der Waals surface area contributed by atoms with E-state index in [0.717, 1.165) is 4.90 Å². The molecule has 0 aromatic heterocycles. The second-order valence-electron chi connectivity index (χ2n) is 4.12. The predicted octanol–water partition coefficient (Wildman–Crippen LogP) is 2.27. The van der Waals surface area contributed by atoms with Crippen molar-refractivity contribution in [1.82, 2.24) is 4.90 Å². The molecule has 0 bridgehead atoms. The van der Waals surface area contributed by atoms with E-state index in [9.17, 15) is 22.8 Å². The van der Waals surface area contributed by atoms with Crippen LogP contribution in [-0.2, 0) is 16.1 Å². The van der Waals surface area contributed by atoms with E-state index in [1.165, 1.54) is 24.3 Å². The van der Waals surface area contributed by atoms with Crippen LogP contribution in [0.2, 0.25) is 0 Å².